The number of aromatic amines is 1. The Hall–Kier alpha value is -2.80. The van der Waals surface area contributed by atoms with Gasteiger partial charge in [-0.2, -0.15) is 0 Å². The summed E-state index contributed by atoms with van der Waals surface area (Å²) in [5.74, 6) is -2.62. The molecule has 0 saturated heterocycles. The standard InChI is InChI=1S/C20H14BrF2NO3/c1-10-14(22)7-8-15(23)16(10)17-13(20(26)27-2)9-24-18(17)19(25)11-3-5-12(21)6-4-11/h3-9,24H,1-2H3. The molecule has 0 aliphatic carbocycles. The maximum Gasteiger partial charge on any atom is 0.340 e. The maximum absolute atomic E-state index is 14.6. The molecule has 0 unspecified atom stereocenters. The summed E-state index contributed by atoms with van der Waals surface area (Å²) in [6.07, 6.45) is 1.26. The Morgan fingerprint density at radius 1 is 1.00 bits per heavy atom. The summed E-state index contributed by atoms with van der Waals surface area (Å²) in [5.41, 5.74) is 0.0639. The maximum atomic E-state index is 14.6. The van der Waals surface area contributed by atoms with Gasteiger partial charge in [0.25, 0.3) is 0 Å². The second kappa shape index (κ2) is 7.44. The number of methoxy groups -OCH3 is 1. The number of H-pyrrole nitrogens is 1. The molecule has 3 rings (SSSR count). The number of hydrogen-bond donors (Lipinski definition) is 1. The number of esters is 1. The van der Waals surface area contributed by atoms with Crippen LogP contribution in [0.3, 0.4) is 0 Å². The van der Waals surface area contributed by atoms with Crippen LogP contribution in [0.15, 0.2) is 47.1 Å². The van der Waals surface area contributed by atoms with Crippen molar-refractivity contribution in [3.63, 3.8) is 0 Å². The molecule has 7 heteroatoms. The lowest BCUT2D eigenvalue weighted by atomic mass is 9.93. The molecule has 138 valence electrons. The number of rotatable bonds is 4. The van der Waals surface area contributed by atoms with Gasteiger partial charge in [0.15, 0.2) is 0 Å². The summed E-state index contributed by atoms with van der Waals surface area (Å²) in [4.78, 5) is 27.8. The van der Waals surface area contributed by atoms with E-state index in [0.717, 1.165) is 16.6 Å². The lowest BCUT2D eigenvalue weighted by molar-refractivity contribution is 0.0601. The number of benzene rings is 2. The van der Waals surface area contributed by atoms with Crippen molar-refractivity contribution in [1.82, 2.24) is 4.98 Å². The van der Waals surface area contributed by atoms with E-state index in [4.69, 9.17) is 4.74 Å². The fourth-order valence-electron chi connectivity index (χ4n) is 2.84. The van der Waals surface area contributed by atoms with Gasteiger partial charge in [-0.05, 0) is 48.9 Å². The second-order valence-corrected chi connectivity index (χ2v) is 6.72. The zero-order valence-electron chi connectivity index (χ0n) is 14.4. The molecule has 0 aliphatic rings. The smallest absolute Gasteiger partial charge is 0.340 e. The minimum absolute atomic E-state index is 0.00962. The van der Waals surface area contributed by atoms with E-state index in [1.807, 2.05) is 0 Å². The number of halogens is 3. The molecule has 0 spiro atoms. The summed E-state index contributed by atoms with van der Waals surface area (Å²) < 4.78 is 34.2. The highest BCUT2D eigenvalue weighted by atomic mass is 79.9. The lowest BCUT2D eigenvalue weighted by Crippen LogP contribution is -2.08. The molecule has 1 aromatic heterocycles. The number of carbonyl (C=O) groups is 2. The van der Waals surface area contributed by atoms with E-state index in [-0.39, 0.29) is 27.9 Å². The van der Waals surface area contributed by atoms with Crippen LogP contribution in [0.25, 0.3) is 11.1 Å². The molecule has 0 atom stereocenters. The highest BCUT2D eigenvalue weighted by molar-refractivity contribution is 9.10. The average molecular weight is 434 g/mol. The molecule has 27 heavy (non-hydrogen) atoms. The van der Waals surface area contributed by atoms with Gasteiger partial charge >= 0.3 is 5.97 Å². The number of carbonyl (C=O) groups excluding carboxylic acids is 2. The van der Waals surface area contributed by atoms with Crippen molar-refractivity contribution in [2.75, 3.05) is 7.11 Å². The third-order valence-electron chi connectivity index (χ3n) is 4.22. The Kier molecular flexibility index (Phi) is 5.23. The van der Waals surface area contributed by atoms with E-state index < -0.39 is 23.4 Å². The number of ether oxygens (including phenoxy) is 1. The predicted molar refractivity (Wildman–Crippen MR) is 99.8 cm³/mol. The van der Waals surface area contributed by atoms with Gasteiger partial charge in [-0.15, -0.1) is 0 Å². The zero-order valence-corrected chi connectivity index (χ0v) is 16.0. The third-order valence-corrected chi connectivity index (χ3v) is 4.75. The molecule has 1 heterocycles. The molecular formula is C20H14BrF2NO3. The molecule has 0 fully saturated rings. The van der Waals surface area contributed by atoms with E-state index in [1.165, 1.54) is 20.2 Å². The van der Waals surface area contributed by atoms with Gasteiger partial charge in [-0.1, -0.05) is 15.9 Å². The normalized spacial score (nSPS) is 10.7. The van der Waals surface area contributed by atoms with E-state index in [1.54, 1.807) is 24.3 Å². The highest BCUT2D eigenvalue weighted by Crippen LogP contribution is 2.35. The Morgan fingerprint density at radius 3 is 2.26 bits per heavy atom. The fourth-order valence-corrected chi connectivity index (χ4v) is 3.10. The number of ketones is 1. The zero-order chi connectivity index (χ0) is 19.7. The summed E-state index contributed by atoms with van der Waals surface area (Å²) in [7, 11) is 1.17. The van der Waals surface area contributed by atoms with Crippen molar-refractivity contribution in [3.8, 4) is 11.1 Å². The van der Waals surface area contributed by atoms with Crippen LogP contribution in [0, 0.1) is 18.6 Å². The number of nitrogens with one attached hydrogen (secondary N) is 1. The van der Waals surface area contributed by atoms with Crippen molar-refractivity contribution in [2.45, 2.75) is 6.92 Å². The van der Waals surface area contributed by atoms with Gasteiger partial charge < -0.3 is 9.72 Å². The summed E-state index contributed by atoms with van der Waals surface area (Å²) >= 11 is 3.29. The quantitative estimate of drug-likeness (QED) is 0.462. The SMILES string of the molecule is COC(=O)c1c[nH]c(C(=O)c2ccc(Br)cc2)c1-c1c(F)ccc(F)c1C. The summed E-state index contributed by atoms with van der Waals surface area (Å²) in [6.45, 7) is 1.38. The molecule has 0 radical (unpaired) electrons. The van der Waals surface area contributed by atoms with Gasteiger partial charge in [0, 0.05) is 27.4 Å². The van der Waals surface area contributed by atoms with Crippen LogP contribution in [0.1, 0.15) is 32.0 Å². The minimum atomic E-state index is -0.765. The van der Waals surface area contributed by atoms with Crippen molar-refractivity contribution < 1.29 is 23.1 Å². The van der Waals surface area contributed by atoms with Gasteiger partial charge in [0.1, 0.15) is 11.6 Å². The van der Waals surface area contributed by atoms with Crippen LogP contribution in [0.5, 0.6) is 0 Å². The summed E-state index contributed by atoms with van der Waals surface area (Å²) in [6, 6.07) is 8.50. The second-order valence-electron chi connectivity index (χ2n) is 5.81. The van der Waals surface area contributed by atoms with E-state index in [0.29, 0.717) is 5.56 Å². The topological polar surface area (TPSA) is 59.2 Å². The van der Waals surface area contributed by atoms with Gasteiger partial charge in [-0.25, -0.2) is 13.6 Å². The highest BCUT2D eigenvalue weighted by Gasteiger charge is 2.28. The van der Waals surface area contributed by atoms with Gasteiger partial charge in [0.2, 0.25) is 5.78 Å². The monoisotopic (exact) mass is 433 g/mol. The molecule has 4 nitrogen and oxygen atoms in total. The molecule has 1 N–H and O–H groups in total. The first-order valence-corrected chi connectivity index (χ1v) is 8.69. The Morgan fingerprint density at radius 2 is 1.63 bits per heavy atom. The first kappa shape index (κ1) is 19.0. The molecule has 3 aromatic rings. The van der Waals surface area contributed by atoms with Crippen molar-refractivity contribution in [2.24, 2.45) is 0 Å². The number of aromatic nitrogens is 1. The largest absolute Gasteiger partial charge is 0.465 e. The van der Waals surface area contributed by atoms with Crippen LogP contribution < -0.4 is 0 Å². The molecule has 0 amide bonds. The van der Waals surface area contributed by atoms with Crippen LogP contribution in [0.2, 0.25) is 0 Å². The third kappa shape index (κ3) is 3.42. The molecule has 0 bridgehead atoms. The first-order chi connectivity index (χ1) is 12.8. The van der Waals surface area contributed by atoms with E-state index in [9.17, 15) is 18.4 Å². The Labute approximate surface area is 162 Å². The van der Waals surface area contributed by atoms with Crippen LogP contribution in [0.4, 0.5) is 8.78 Å². The van der Waals surface area contributed by atoms with E-state index in [2.05, 4.69) is 20.9 Å². The van der Waals surface area contributed by atoms with E-state index >= 15 is 0 Å². The molecule has 2 aromatic carbocycles. The van der Waals surface area contributed by atoms with Crippen molar-refractivity contribution in [3.05, 3.63) is 81.1 Å². The Bertz CT molecular complexity index is 1040. The van der Waals surface area contributed by atoms with Crippen molar-refractivity contribution in [1.29, 1.82) is 0 Å². The van der Waals surface area contributed by atoms with Crippen LogP contribution in [-0.4, -0.2) is 23.8 Å². The van der Waals surface area contributed by atoms with Gasteiger partial charge in [0.05, 0.1) is 18.4 Å². The van der Waals surface area contributed by atoms with Crippen LogP contribution in [-0.2, 0) is 4.74 Å². The Balaban J connectivity index is 2.27. The van der Waals surface area contributed by atoms with Crippen LogP contribution >= 0.6 is 15.9 Å². The minimum Gasteiger partial charge on any atom is -0.465 e. The number of hydrogen-bond acceptors (Lipinski definition) is 3. The molecular weight excluding hydrogens is 420 g/mol. The molecule has 0 aliphatic heterocycles. The van der Waals surface area contributed by atoms with Gasteiger partial charge in [-0.3, -0.25) is 4.79 Å². The fraction of sp³-hybridized carbons (Fsp3) is 0.100. The van der Waals surface area contributed by atoms with Crippen molar-refractivity contribution >= 4 is 27.7 Å². The first-order valence-electron chi connectivity index (χ1n) is 7.90. The average Bonchev–Trinajstić information content (AvgIpc) is 3.09. The lowest BCUT2D eigenvalue weighted by Gasteiger charge is -2.12. The predicted octanol–water partition coefficient (Wildman–Crippen LogP) is 5.05. The molecule has 0 saturated carbocycles. The summed E-state index contributed by atoms with van der Waals surface area (Å²) in [5, 5.41) is 0.